The van der Waals surface area contributed by atoms with Crippen LogP contribution in [0.1, 0.15) is 16.7 Å². The van der Waals surface area contributed by atoms with Crippen molar-refractivity contribution in [3.05, 3.63) is 65.2 Å². The van der Waals surface area contributed by atoms with Gasteiger partial charge in [0, 0.05) is 39.9 Å². The molecule has 5 heteroatoms. The molecule has 0 unspecified atom stereocenters. The molecule has 0 amide bonds. The zero-order valence-corrected chi connectivity index (χ0v) is 15.5. The van der Waals surface area contributed by atoms with Crippen LogP contribution in [0.25, 0.3) is 0 Å². The molecule has 0 saturated carbocycles. The summed E-state index contributed by atoms with van der Waals surface area (Å²) in [6.45, 7) is 2.01. The number of rotatable bonds is 7. The predicted octanol–water partition coefficient (Wildman–Crippen LogP) is 3.05. The first kappa shape index (κ1) is 18.8. The third-order valence-corrected chi connectivity index (χ3v) is 4.03. The van der Waals surface area contributed by atoms with Gasteiger partial charge in [-0.05, 0) is 17.2 Å². The molecule has 2 rings (SSSR count). The van der Waals surface area contributed by atoms with Crippen molar-refractivity contribution in [1.82, 2.24) is 10.2 Å². The van der Waals surface area contributed by atoms with Crippen LogP contribution in [-0.4, -0.2) is 39.2 Å². The van der Waals surface area contributed by atoms with Crippen LogP contribution < -0.4 is 10.1 Å². The molecule has 0 aliphatic carbocycles. The number of nitrogens with zero attached hydrogens (tertiary/aromatic N) is 2. The minimum absolute atomic E-state index is 0.605. The van der Waals surface area contributed by atoms with Crippen LogP contribution in [-0.2, 0) is 24.4 Å². The monoisotopic (exact) mass is 341 g/mol. The van der Waals surface area contributed by atoms with Crippen LogP contribution >= 0.6 is 0 Å². The van der Waals surface area contributed by atoms with E-state index in [1.54, 1.807) is 21.3 Å². The van der Waals surface area contributed by atoms with E-state index in [1.807, 2.05) is 37.4 Å². The predicted molar refractivity (Wildman–Crippen MR) is 102 cm³/mol. The Labute approximate surface area is 150 Å². The fraction of sp³-hybridized carbons (Fsp3) is 0.350. The maximum absolute atomic E-state index is 5.43. The second-order valence-electron chi connectivity index (χ2n) is 5.77. The number of ether oxygens (including phenoxy) is 2. The Morgan fingerprint density at radius 3 is 2.28 bits per heavy atom. The van der Waals surface area contributed by atoms with E-state index in [-0.39, 0.29) is 0 Å². The highest BCUT2D eigenvalue weighted by molar-refractivity contribution is 5.79. The number of methoxy groups -OCH3 is 2. The molecular formula is C20H27N3O2. The van der Waals surface area contributed by atoms with E-state index in [0.717, 1.165) is 17.3 Å². The van der Waals surface area contributed by atoms with Crippen molar-refractivity contribution < 1.29 is 9.47 Å². The molecule has 25 heavy (non-hydrogen) atoms. The maximum Gasteiger partial charge on any atom is 0.193 e. The lowest BCUT2D eigenvalue weighted by Crippen LogP contribution is -2.38. The molecular weight excluding hydrogens is 314 g/mol. The summed E-state index contributed by atoms with van der Waals surface area (Å²) in [7, 11) is 7.22. The molecule has 0 bridgehead atoms. The third-order valence-electron chi connectivity index (χ3n) is 4.03. The Morgan fingerprint density at radius 2 is 1.64 bits per heavy atom. The Hall–Kier alpha value is -2.53. The highest BCUT2D eigenvalue weighted by Crippen LogP contribution is 2.18. The first-order chi connectivity index (χ1) is 12.2. The van der Waals surface area contributed by atoms with Crippen molar-refractivity contribution in [3.63, 3.8) is 0 Å². The number of hydrogen-bond donors (Lipinski definition) is 1. The Balaban J connectivity index is 2.03. The molecule has 0 heterocycles. The van der Waals surface area contributed by atoms with Gasteiger partial charge in [0.2, 0.25) is 0 Å². The van der Waals surface area contributed by atoms with E-state index in [4.69, 9.17) is 9.47 Å². The Morgan fingerprint density at radius 1 is 1.00 bits per heavy atom. The molecule has 2 aromatic carbocycles. The summed E-state index contributed by atoms with van der Waals surface area (Å²) in [6, 6.07) is 16.3. The quantitative estimate of drug-likeness (QED) is 0.621. The van der Waals surface area contributed by atoms with Crippen LogP contribution in [0.3, 0.4) is 0 Å². The molecule has 0 aliphatic heterocycles. The van der Waals surface area contributed by atoms with Crippen LogP contribution in [0.5, 0.6) is 5.75 Å². The van der Waals surface area contributed by atoms with E-state index >= 15 is 0 Å². The number of para-hydroxylation sites is 1. The van der Waals surface area contributed by atoms with E-state index in [0.29, 0.717) is 19.7 Å². The molecule has 0 fully saturated rings. The minimum Gasteiger partial charge on any atom is -0.496 e. The van der Waals surface area contributed by atoms with Crippen molar-refractivity contribution >= 4 is 5.96 Å². The SMILES string of the molecule is CN=C(NCc1ccccc1COC)N(C)Cc1ccccc1OC. The normalized spacial score (nSPS) is 11.3. The zero-order chi connectivity index (χ0) is 18.1. The fourth-order valence-corrected chi connectivity index (χ4v) is 2.75. The molecule has 0 spiro atoms. The molecule has 134 valence electrons. The first-order valence-electron chi connectivity index (χ1n) is 8.29. The summed E-state index contributed by atoms with van der Waals surface area (Å²) in [5.74, 6) is 1.72. The van der Waals surface area contributed by atoms with Gasteiger partial charge < -0.3 is 19.7 Å². The molecule has 5 nitrogen and oxygen atoms in total. The maximum atomic E-state index is 5.43. The van der Waals surface area contributed by atoms with Gasteiger partial charge in [-0.1, -0.05) is 42.5 Å². The molecule has 1 N–H and O–H groups in total. The van der Waals surface area contributed by atoms with Gasteiger partial charge in [0.25, 0.3) is 0 Å². The smallest absolute Gasteiger partial charge is 0.193 e. The van der Waals surface area contributed by atoms with Gasteiger partial charge in [0.1, 0.15) is 5.75 Å². The number of nitrogens with one attached hydrogen (secondary N) is 1. The summed E-state index contributed by atoms with van der Waals surface area (Å²) in [6.07, 6.45) is 0. The molecule has 2 aromatic rings. The standard InChI is InChI=1S/C20H27N3O2/c1-21-20(22-13-16-9-5-6-11-18(16)15-24-3)23(2)14-17-10-7-8-12-19(17)25-4/h5-12H,13-15H2,1-4H3,(H,21,22). The van der Waals surface area contributed by atoms with E-state index in [9.17, 15) is 0 Å². The number of benzene rings is 2. The van der Waals surface area contributed by atoms with Gasteiger partial charge in [0.15, 0.2) is 5.96 Å². The lowest BCUT2D eigenvalue weighted by atomic mass is 10.1. The molecule has 0 atom stereocenters. The fourth-order valence-electron chi connectivity index (χ4n) is 2.75. The highest BCUT2D eigenvalue weighted by atomic mass is 16.5. The summed E-state index contributed by atoms with van der Waals surface area (Å²) in [5, 5.41) is 3.42. The summed E-state index contributed by atoms with van der Waals surface area (Å²) >= 11 is 0. The summed E-state index contributed by atoms with van der Waals surface area (Å²) < 4.78 is 10.7. The van der Waals surface area contributed by atoms with Crippen LogP contribution in [0.2, 0.25) is 0 Å². The molecule has 0 aromatic heterocycles. The molecule has 0 saturated heterocycles. The molecule has 0 radical (unpaired) electrons. The lowest BCUT2D eigenvalue weighted by molar-refractivity contribution is 0.184. The zero-order valence-electron chi connectivity index (χ0n) is 15.5. The summed E-state index contributed by atoms with van der Waals surface area (Å²) in [5.41, 5.74) is 3.51. The van der Waals surface area contributed by atoms with Crippen LogP contribution in [0.4, 0.5) is 0 Å². The van der Waals surface area contributed by atoms with Crippen molar-refractivity contribution in [2.45, 2.75) is 19.7 Å². The minimum atomic E-state index is 0.605. The third kappa shape index (κ3) is 5.22. The summed E-state index contributed by atoms with van der Waals surface area (Å²) in [4.78, 5) is 6.47. The van der Waals surface area contributed by atoms with Gasteiger partial charge in [-0.15, -0.1) is 0 Å². The van der Waals surface area contributed by atoms with Crippen molar-refractivity contribution in [2.75, 3.05) is 28.3 Å². The van der Waals surface area contributed by atoms with Gasteiger partial charge in [-0.25, -0.2) is 0 Å². The first-order valence-corrected chi connectivity index (χ1v) is 8.29. The van der Waals surface area contributed by atoms with Crippen molar-refractivity contribution in [1.29, 1.82) is 0 Å². The average Bonchev–Trinajstić information content (AvgIpc) is 2.64. The second-order valence-corrected chi connectivity index (χ2v) is 5.77. The number of guanidine groups is 1. The lowest BCUT2D eigenvalue weighted by Gasteiger charge is -2.23. The van der Waals surface area contributed by atoms with Gasteiger partial charge in [0.05, 0.1) is 13.7 Å². The second kappa shape index (κ2) is 9.69. The largest absolute Gasteiger partial charge is 0.496 e. The van der Waals surface area contributed by atoms with Crippen LogP contribution in [0.15, 0.2) is 53.5 Å². The van der Waals surface area contributed by atoms with E-state index in [2.05, 4.69) is 33.4 Å². The van der Waals surface area contributed by atoms with Crippen LogP contribution in [0, 0.1) is 0 Å². The highest BCUT2D eigenvalue weighted by Gasteiger charge is 2.10. The Bertz CT molecular complexity index is 701. The average molecular weight is 341 g/mol. The van der Waals surface area contributed by atoms with Gasteiger partial charge in [-0.2, -0.15) is 0 Å². The van der Waals surface area contributed by atoms with Gasteiger partial charge in [-0.3, -0.25) is 4.99 Å². The van der Waals surface area contributed by atoms with Gasteiger partial charge >= 0.3 is 0 Å². The number of aliphatic imine (C=N–C) groups is 1. The van der Waals surface area contributed by atoms with E-state index in [1.165, 1.54) is 11.1 Å². The number of hydrogen-bond acceptors (Lipinski definition) is 3. The topological polar surface area (TPSA) is 46.1 Å². The van der Waals surface area contributed by atoms with E-state index < -0.39 is 0 Å². The molecule has 0 aliphatic rings. The van der Waals surface area contributed by atoms with Crippen molar-refractivity contribution in [3.8, 4) is 5.75 Å². The Kier molecular flexibility index (Phi) is 7.29. The van der Waals surface area contributed by atoms with Crippen molar-refractivity contribution in [2.24, 2.45) is 4.99 Å².